The summed E-state index contributed by atoms with van der Waals surface area (Å²) in [5, 5.41) is 12.0. The summed E-state index contributed by atoms with van der Waals surface area (Å²) in [5.41, 5.74) is 0. The Hall–Kier alpha value is -0.730. The molecule has 14 heteroatoms. The highest BCUT2D eigenvalue weighted by atomic mass is 79.9. The number of nitrogens with one attached hydrogen (secondary N) is 4. The van der Waals surface area contributed by atoms with Gasteiger partial charge in [0.05, 0.1) is 20.0 Å². The van der Waals surface area contributed by atoms with Crippen molar-refractivity contribution in [1.29, 1.82) is 0 Å². The highest BCUT2D eigenvalue weighted by Crippen LogP contribution is 2.47. The van der Waals surface area contributed by atoms with Crippen LogP contribution < -0.4 is 21.3 Å². The monoisotopic (exact) mass is 548 g/mol. The zero-order valence-corrected chi connectivity index (χ0v) is 20.8. The van der Waals surface area contributed by atoms with Crippen LogP contribution in [0.4, 0.5) is 0 Å². The van der Waals surface area contributed by atoms with E-state index in [0.29, 0.717) is 10.0 Å². The van der Waals surface area contributed by atoms with Crippen molar-refractivity contribution in [2.45, 2.75) is 27.7 Å². The van der Waals surface area contributed by atoms with Crippen molar-refractivity contribution in [2.75, 3.05) is 0 Å². The Morgan fingerprint density at radius 1 is 0.786 bits per heavy atom. The summed E-state index contributed by atoms with van der Waals surface area (Å²) in [6, 6.07) is 0. The molecule has 0 bridgehead atoms. The first-order chi connectivity index (χ1) is 13.0. The van der Waals surface area contributed by atoms with Crippen LogP contribution in [-0.2, 0) is 19.2 Å². The van der Waals surface area contributed by atoms with Crippen LogP contribution in [0.2, 0.25) is 0 Å². The number of halogens is 2. The summed E-state index contributed by atoms with van der Waals surface area (Å²) in [4.78, 5) is 44.5. The third-order valence-electron chi connectivity index (χ3n) is 2.39. The number of rotatable bonds is 2. The summed E-state index contributed by atoms with van der Waals surface area (Å²) >= 11 is 3.40. The molecule has 2 unspecified atom stereocenters. The maximum absolute atomic E-state index is 10.8. The summed E-state index contributed by atoms with van der Waals surface area (Å²) < 4.78 is 0. The third-order valence-corrected chi connectivity index (χ3v) is 11.0. The molecular weight excluding hydrogens is 532 g/mol. The van der Waals surface area contributed by atoms with Crippen molar-refractivity contribution in [3.63, 3.8) is 0 Å². The van der Waals surface area contributed by atoms with Crippen LogP contribution in [0.5, 0.6) is 0 Å². The Morgan fingerprint density at radius 3 is 1.64 bits per heavy atom. The summed E-state index contributed by atoms with van der Waals surface area (Å²) in [6.07, 6.45) is 3.43. The van der Waals surface area contributed by atoms with Crippen LogP contribution in [-0.4, -0.2) is 33.6 Å². The summed E-state index contributed by atoms with van der Waals surface area (Å²) in [5.74, 6) is -0.546. The van der Waals surface area contributed by atoms with E-state index in [-0.39, 0.29) is 31.6 Å². The SMILES string of the molecule is CC(=O)NC1=CC(NC(C)=O)=S(Br)S1.CC(=O)NC1=CC(NC(C)=O)=S(Cl)S1. The van der Waals surface area contributed by atoms with E-state index in [1.165, 1.54) is 49.3 Å². The van der Waals surface area contributed by atoms with Gasteiger partial charge in [-0.1, -0.05) is 0 Å². The third kappa shape index (κ3) is 9.65. The Balaban J connectivity index is 0.000000280. The van der Waals surface area contributed by atoms with Gasteiger partial charge in [0.1, 0.15) is 0 Å². The molecule has 0 aromatic carbocycles. The Kier molecular flexibility index (Phi) is 10.9. The molecule has 2 aliphatic heterocycles. The zero-order chi connectivity index (χ0) is 21.4. The number of carbonyl (C=O) groups is 4. The largest absolute Gasteiger partial charge is 0.320 e. The van der Waals surface area contributed by atoms with E-state index in [0.717, 1.165) is 10.0 Å². The first kappa shape index (κ1) is 25.3. The van der Waals surface area contributed by atoms with E-state index in [9.17, 15) is 19.2 Å². The summed E-state index contributed by atoms with van der Waals surface area (Å²) in [7, 11) is 7.83. The fourth-order valence-electron chi connectivity index (χ4n) is 1.59. The number of amides is 4. The molecule has 2 heterocycles. The Morgan fingerprint density at radius 2 is 1.18 bits per heavy atom. The minimum absolute atomic E-state index is 0.113. The quantitative estimate of drug-likeness (QED) is 0.311. The maximum Gasteiger partial charge on any atom is 0.221 e. The molecule has 4 amide bonds. The average Bonchev–Trinajstić information content (AvgIpc) is 3.00. The average molecular weight is 550 g/mol. The van der Waals surface area contributed by atoms with Gasteiger partial charge in [-0.25, -0.2) is 0 Å². The second-order valence-corrected chi connectivity index (χ2v) is 15.8. The molecule has 0 saturated carbocycles. The molecule has 0 saturated heterocycles. The van der Waals surface area contributed by atoms with E-state index >= 15 is 0 Å². The zero-order valence-electron chi connectivity index (χ0n) is 15.2. The lowest BCUT2D eigenvalue weighted by molar-refractivity contribution is -0.119. The highest BCUT2D eigenvalue weighted by Gasteiger charge is 2.17. The van der Waals surface area contributed by atoms with Crippen LogP contribution in [0.3, 0.4) is 0 Å². The van der Waals surface area contributed by atoms with Gasteiger partial charge >= 0.3 is 0 Å². The molecule has 4 N–H and O–H groups in total. The van der Waals surface area contributed by atoms with Crippen LogP contribution >= 0.6 is 63.8 Å². The molecule has 0 aliphatic carbocycles. The van der Waals surface area contributed by atoms with Gasteiger partial charge in [-0.15, -0.1) is 0 Å². The van der Waals surface area contributed by atoms with Crippen molar-refractivity contribution < 1.29 is 19.2 Å². The molecule has 0 aromatic rings. The van der Waals surface area contributed by atoms with Crippen molar-refractivity contribution in [2.24, 2.45) is 0 Å². The Labute approximate surface area is 186 Å². The van der Waals surface area contributed by atoms with Crippen molar-refractivity contribution in [3.05, 3.63) is 22.2 Å². The van der Waals surface area contributed by atoms with Gasteiger partial charge in [0.2, 0.25) is 23.6 Å². The lowest BCUT2D eigenvalue weighted by Gasteiger charge is -1.99. The smallest absolute Gasteiger partial charge is 0.221 e. The first-order valence-electron chi connectivity index (χ1n) is 7.43. The van der Waals surface area contributed by atoms with Crippen molar-refractivity contribution in [1.82, 2.24) is 21.3 Å². The van der Waals surface area contributed by atoms with Gasteiger partial charge in [0.25, 0.3) is 0 Å². The molecule has 2 aliphatic rings. The van der Waals surface area contributed by atoms with Crippen LogP contribution in [0.25, 0.3) is 0 Å². The predicted molar refractivity (Wildman–Crippen MR) is 127 cm³/mol. The van der Waals surface area contributed by atoms with E-state index in [1.54, 1.807) is 12.2 Å². The van der Waals surface area contributed by atoms with Crippen LogP contribution in [0.1, 0.15) is 27.7 Å². The molecule has 2 atom stereocenters. The number of hydrogen-bond donors (Lipinski definition) is 4. The molecule has 2 rings (SSSR count). The van der Waals surface area contributed by atoms with Gasteiger partial charge in [-0.3, -0.25) is 19.2 Å². The van der Waals surface area contributed by atoms with E-state index in [2.05, 4.69) is 36.1 Å². The first-order valence-corrected chi connectivity index (χ1v) is 15.2. The van der Waals surface area contributed by atoms with E-state index in [4.69, 9.17) is 10.7 Å². The van der Waals surface area contributed by atoms with Gasteiger partial charge in [0, 0.05) is 39.8 Å². The van der Waals surface area contributed by atoms with Crippen LogP contribution in [0.15, 0.2) is 22.2 Å². The van der Waals surface area contributed by atoms with Gasteiger partial charge < -0.3 is 21.3 Å². The van der Waals surface area contributed by atoms with Gasteiger partial charge in [-0.2, -0.15) is 0 Å². The normalized spacial score (nSPS) is 20.4. The molecular formula is C14H18BrClN4O4S4. The molecule has 156 valence electrons. The topological polar surface area (TPSA) is 116 Å². The molecule has 0 aromatic heterocycles. The molecule has 8 nitrogen and oxygen atoms in total. The van der Waals surface area contributed by atoms with Gasteiger partial charge in [0.15, 0.2) is 0 Å². The highest BCUT2D eigenvalue weighted by molar-refractivity contribution is 9.64. The van der Waals surface area contributed by atoms with Crippen molar-refractivity contribution in [3.8, 4) is 0 Å². The van der Waals surface area contributed by atoms with Crippen molar-refractivity contribution >= 4 is 97.4 Å². The number of carbonyl (C=O) groups excluding carboxylic acids is 4. The molecule has 0 spiro atoms. The van der Waals surface area contributed by atoms with Gasteiger partial charge in [-0.05, 0) is 63.8 Å². The second kappa shape index (κ2) is 12.1. The summed E-state index contributed by atoms with van der Waals surface area (Å²) in [6.45, 7) is 5.73. The second-order valence-electron chi connectivity index (χ2n) is 5.08. The van der Waals surface area contributed by atoms with E-state index < -0.39 is 8.73 Å². The van der Waals surface area contributed by atoms with Crippen LogP contribution in [0, 0.1) is 0 Å². The number of hydrogen-bond acceptors (Lipinski definition) is 6. The lowest BCUT2D eigenvalue weighted by atomic mass is 10.5. The molecule has 28 heavy (non-hydrogen) atoms. The predicted octanol–water partition coefficient (Wildman–Crippen LogP) is 2.78. The standard InChI is InChI=1S/C7H9BrN2O2S2.C7H9ClN2O2S2/c2*1-4(11)9-6-3-7(10-5(2)12)14(8)13-6/h2*3H,1-2H3,(H,9,11)(H,10,12). The fraction of sp³-hybridized carbons (Fsp3) is 0.286. The van der Waals surface area contributed by atoms with E-state index in [1.807, 2.05) is 0 Å². The minimum Gasteiger partial charge on any atom is -0.320 e. The Bertz CT molecular complexity index is 773. The minimum atomic E-state index is -0.611. The molecule has 0 fully saturated rings. The lowest BCUT2D eigenvalue weighted by Crippen LogP contribution is -2.25. The molecule has 0 radical (unpaired) electrons. The fourth-order valence-corrected chi connectivity index (χ4v) is 9.03. The maximum atomic E-state index is 10.8.